The monoisotopic (exact) mass is 322 g/mol. The van der Waals surface area contributed by atoms with E-state index >= 15 is 0 Å². The highest BCUT2D eigenvalue weighted by atomic mass is 19.4. The largest absolute Gasteiger partial charge is 0.405 e. The van der Waals surface area contributed by atoms with E-state index in [9.17, 15) is 13.2 Å². The smallest absolute Gasteiger partial charge is 0.255 e. The number of hydrogen-bond donors (Lipinski definition) is 0. The van der Waals surface area contributed by atoms with Crippen molar-refractivity contribution in [3.8, 4) is 0 Å². The van der Waals surface area contributed by atoms with Crippen LogP contribution in [0.4, 0.5) is 13.2 Å². The quantitative estimate of drug-likeness (QED) is 0.852. The van der Waals surface area contributed by atoms with Gasteiger partial charge in [-0.25, -0.2) is 4.99 Å². The van der Waals surface area contributed by atoms with Crippen LogP contribution in [0, 0.1) is 0 Å². The van der Waals surface area contributed by atoms with Crippen LogP contribution in [0.15, 0.2) is 47.4 Å². The highest BCUT2D eigenvalue weighted by Crippen LogP contribution is 2.37. The molecule has 4 nitrogen and oxygen atoms in total. The van der Waals surface area contributed by atoms with E-state index in [-0.39, 0.29) is 6.54 Å². The minimum atomic E-state index is -4.31. The number of fused-ring (bicyclic) bond motifs is 1. The number of allylic oxidation sites excluding steroid dienone is 1. The Morgan fingerprint density at radius 2 is 2.09 bits per heavy atom. The predicted octanol–water partition coefficient (Wildman–Crippen LogP) is 3.61. The molecule has 1 aromatic heterocycles. The zero-order valence-corrected chi connectivity index (χ0v) is 12.9. The van der Waals surface area contributed by atoms with Crippen molar-refractivity contribution in [2.24, 2.45) is 4.99 Å². The van der Waals surface area contributed by atoms with E-state index in [1.807, 2.05) is 13.0 Å². The summed E-state index contributed by atoms with van der Waals surface area (Å²) in [6.45, 7) is 3.29. The Morgan fingerprint density at radius 1 is 1.30 bits per heavy atom. The Kier molecular flexibility index (Phi) is 3.97. The minimum absolute atomic E-state index is 0.167. The van der Waals surface area contributed by atoms with Gasteiger partial charge in [0.25, 0.3) is 0 Å². The van der Waals surface area contributed by atoms with Crippen molar-refractivity contribution >= 4 is 11.4 Å². The van der Waals surface area contributed by atoms with Crippen molar-refractivity contribution in [1.82, 2.24) is 15.0 Å². The molecule has 0 aliphatic carbocycles. The second kappa shape index (κ2) is 5.81. The number of pyridine rings is 1. The average molecular weight is 322 g/mol. The molecule has 7 heteroatoms. The summed E-state index contributed by atoms with van der Waals surface area (Å²) in [7, 11) is 0. The number of hydrazine groups is 1. The molecule has 0 radical (unpaired) electrons. The third kappa shape index (κ3) is 2.88. The molecule has 0 saturated carbocycles. The Morgan fingerprint density at radius 3 is 2.70 bits per heavy atom. The summed E-state index contributed by atoms with van der Waals surface area (Å²) in [4.78, 5) is 8.73. The number of aliphatic imine (C=N–C) groups is 1. The van der Waals surface area contributed by atoms with E-state index in [1.165, 1.54) is 10.0 Å². The maximum absolute atomic E-state index is 13.2. The second-order valence-corrected chi connectivity index (χ2v) is 5.42. The maximum atomic E-state index is 13.2. The van der Waals surface area contributed by atoms with Gasteiger partial charge in [-0.05, 0) is 37.6 Å². The molecule has 0 bridgehead atoms. The number of aromatic nitrogens is 1. The number of alkyl halides is 3. The van der Waals surface area contributed by atoms with E-state index in [2.05, 4.69) is 9.98 Å². The number of rotatable bonds is 3. The van der Waals surface area contributed by atoms with Gasteiger partial charge in [0.1, 0.15) is 11.9 Å². The van der Waals surface area contributed by atoms with Crippen LogP contribution in [0.25, 0.3) is 5.70 Å². The molecular formula is C16H17F3N4. The minimum Gasteiger partial charge on any atom is -0.255 e. The Hall–Kier alpha value is -2.15. The van der Waals surface area contributed by atoms with E-state index in [4.69, 9.17) is 0 Å². The molecule has 2 aliphatic heterocycles. The summed E-state index contributed by atoms with van der Waals surface area (Å²) in [5, 5.41) is 2.80. The lowest BCUT2D eigenvalue weighted by Crippen LogP contribution is -2.49. The van der Waals surface area contributed by atoms with Gasteiger partial charge in [-0.1, -0.05) is 13.0 Å². The predicted molar refractivity (Wildman–Crippen MR) is 82.1 cm³/mol. The summed E-state index contributed by atoms with van der Waals surface area (Å²) in [5.41, 5.74) is 2.08. The van der Waals surface area contributed by atoms with Crippen molar-refractivity contribution < 1.29 is 13.2 Å². The van der Waals surface area contributed by atoms with Crippen LogP contribution >= 0.6 is 0 Å². The Labute approximate surface area is 132 Å². The van der Waals surface area contributed by atoms with Gasteiger partial charge in [0.2, 0.25) is 0 Å². The first-order valence-electron chi connectivity index (χ1n) is 7.46. The zero-order valence-electron chi connectivity index (χ0n) is 12.9. The fraction of sp³-hybridized carbons (Fsp3) is 0.375. The van der Waals surface area contributed by atoms with Crippen LogP contribution in [0.5, 0.6) is 0 Å². The number of halogens is 3. The molecule has 122 valence electrons. The lowest BCUT2D eigenvalue weighted by atomic mass is 10.1. The summed E-state index contributed by atoms with van der Waals surface area (Å²) < 4.78 is 39.5. The topological polar surface area (TPSA) is 31.7 Å². The van der Waals surface area contributed by atoms with Crippen molar-refractivity contribution in [1.29, 1.82) is 0 Å². The molecule has 2 aliphatic rings. The molecule has 1 unspecified atom stereocenters. The fourth-order valence-electron chi connectivity index (χ4n) is 2.61. The Balaban J connectivity index is 2.03. The summed E-state index contributed by atoms with van der Waals surface area (Å²) in [5.74, 6) is 0.529. The molecule has 1 atom stereocenters. The van der Waals surface area contributed by atoms with Crippen LogP contribution in [-0.4, -0.2) is 39.5 Å². The molecule has 1 aromatic rings. The van der Waals surface area contributed by atoms with Crippen LogP contribution in [-0.2, 0) is 0 Å². The molecule has 3 rings (SSSR count). The highest BCUT2D eigenvalue weighted by molar-refractivity contribution is 6.02. The van der Waals surface area contributed by atoms with Gasteiger partial charge >= 0.3 is 6.18 Å². The third-order valence-corrected chi connectivity index (χ3v) is 3.93. The molecule has 0 amide bonds. The summed E-state index contributed by atoms with van der Waals surface area (Å²) >= 11 is 0. The maximum Gasteiger partial charge on any atom is 0.405 e. The van der Waals surface area contributed by atoms with E-state index in [0.29, 0.717) is 23.6 Å². The molecular weight excluding hydrogens is 305 g/mol. The lowest BCUT2D eigenvalue weighted by Gasteiger charge is -2.38. The van der Waals surface area contributed by atoms with Gasteiger partial charge in [-0.15, -0.1) is 0 Å². The first kappa shape index (κ1) is 15.7. The first-order valence-corrected chi connectivity index (χ1v) is 7.46. The number of nitrogens with zero attached hydrogens (tertiary/aromatic N) is 4. The summed E-state index contributed by atoms with van der Waals surface area (Å²) in [6, 6.07) is 3.77. The van der Waals surface area contributed by atoms with Gasteiger partial charge in [0, 0.05) is 18.5 Å². The van der Waals surface area contributed by atoms with Gasteiger partial charge in [-0.2, -0.15) is 18.2 Å². The van der Waals surface area contributed by atoms with Crippen LogP contribution in [0.3, 0.4) is 0 Å². The normalized spacial score (nSPS) is 19.9. The first-order chi connectivity index (χ1) is 10.9. The third-order valence-electron chi connectivity index (χ3n) is 3.93. The van der Waals surface area contributed by atoms with Gasteiger partial charge < -0.3 is 0 Å². The number of hydrogen-bond acceptors (Lipinski definition) is 4. The van der Waals surface area contributed by atoms with Crippen LogP contribution in [0.1, 0.15) is 26.0 Å². The zero-order chi connectivity index (χ0) is 16.6. The molecule has 3 heterocycles. The van der Waals surface area contributed by atoms with Crippen molar-refractivity contribution in [2.45, 2.75) is 32.5 Å². The Bertz CT molecular complexity index is 676. The summed E-state index contributed by atoms with van der Waals surface area (Å²) in [6.07, 6.45) is 1.54. The van der Waals surface area contributed by atoms with Crippen LogP contribution in [0.2, 0.25) is 0 Å². The van der Waals surface area contributed by atoms with E-state index < -0.39 is 12.2 Å². The standard InChI is InChI=1S/C16H17F3N4/c1-3-12-10-14(13-6-4-5-8-20-13)23-15(21-12)7-9-22(23)11(2)16(17,18)19/h4-8,10-11H,3,9H2,1-2H3. The van der Waals surface area contributed by atoms with E-state index in [1.54, 1.807) is 30.5 Å². The van der Waals surface area contributed by atoms with Gasteiger partial charge in [0.15, 0.2) is 0 Å². The lowest BCUT2D eigenvalue weighted by molar-refractivity contribution is -0.197. The molecule has 23 heavy (non-hydrogen) atoms. The second-order valence-electron chi connectivity index (χ2n) is 5.42. The highest BCUT2D eigenvalue weighted by Gasteiger charge is 2.45. The molecule has 0 fully saturated rings. The average Bonchev–Trinajstić information content (AvgIpc) is 2.96. The SMILES string of the molecule is CCC1=NC2=CCN(C(C)C(F)(F)F)N2C(c2ccccn2)=C1. The van der Waals surface area contributed by atoms with Gasteiger partial charge in [-0.3, -0.25) is 9.99 Å². The fourth-order valence-corrected chi connectivity index (χ4v) is 2.61. The molecule has 0 N–H and O–H groups in total. The van der Waals surface area contributed by atoms with E-state index in [0.717, 1.165) is 12.6 Å². The molecule has 0 spiro atoms. The van der Waals surface area contributed by atoms with Crippen LogP contribution < -0.4 is 0 Å². The van der Waals surface area contributed by atoms with Gasteiger partial charge in [0.05, 0.1) is 11.4 Å². The molecule has 0 aromatic carbocycles. The van der Waals surface area contributed by atoms with Crippen molar-refractivity contribution in [3.63, 3.8) is 0 Å². The van der Waals surface area contributed by atoms with Crippen molar-refractivity contribution in [2.75, 3.05) is 6.54 Å². The molecule has 0 saturated heterocycles. The van der Waals surface area contributed by atoms with Crippen molar-refractivity contribution in [3.05, 3.63) is 48.1 Å².